The highest BCUT2D eigenvalue weighted by atomic mass is 35.5. The highest BCUT2D eigenvalue weighted by Gasteiger charge is 2.25. The van der Waals surface area contributed by atoms with Crippen LogP contribution in [0.5, 0.6) is 0 Å². The van der Waals surface area contributed by atoms with Crippen molar-refractivity contribution < 1.29 is 0 Å². The standard InChI is InChI=1S/C21H20ClN5O/c1-13-4-2-3-5-17(13)26-11-10-18-19(21(26)28)24-25-20-16(12-23-27(18)20)14-6-8-15(22)9-7-14/h6-13,17H,2-5H2,1H3. The number of rotatable bonds is 2. The molecule has 0 spiro atoms. The molecule has 1 saturated carbocycles. The lowest BCUT2D eigenvalue weighted by Crippen LogP contribution is -2.31. The Morgan fingerprint density at radius 2 is 1.86 bits per heavy atom. The maximum atomic E-state index is 13.1. The van der Waals surface area contributed by atoms with Crippen molar-refractivity contribution >= 4 is 28.3 Å². The molecule has 0 saturated heterocycles. The minimum absolute atomic E-state index is 0.0887. The van der Waals surface area contributed by atoms with Crippen molar-refractivity contribution in [1.82, 2.24) is 24.4 Å². The van der Waals surface area contributed by atoms with Gasteiger partial charge in [-0.05, 0) is 42.5 Å². The van der Waals surface area contributed by atoms with Crippen LogP contribution in [0.1, 0.15) is 38.6 Å². The van der Waals surface area contributed by atoms with Crippen LogP contribution < -0.4 is 5.56 Å². The Labute approximate surface area is 166 Å². The van der Waals surface area contributed by atoms with Gasteiger partial charge in [0, 0.05) is 22.8 Å². The van der Waals surface area contributed by atoms with Crippen LogP contribution in [0.4, 0.5) is 0 Å². The summed E-state index contributed by atoms with van der Waals surface area (Å²) in [7, 11) is 0. The average Bonchev–Trinajstić information content (AvgIpc) is 3.14. The monoisotopic (exact) mass is 393 g/mol. The lowest BCUT2D eigenvalue weighted by atomic mass is 9.85. The third-order valence-electron chi connectivity index (χ3n) is 5.87. The molecule has 1 aromatic carbocycles. The molecule has 1 aliphatic carbocycles. The van der Waals surface area contributed by atoms with E-state index in [9.17, 15) is 4.79 Å². The zero-order valence-corrected chi connectivity index (χ0v) is 16.3. The first-order valence-corrected chi connectivity index (χ1v) is 10.0. The number of aromatic nitrogens is 5. The van der Waals surface area contributed by atoms with E-state index in [0.29, 0.717) is 27.6 Å². The molecule has 2 unspecified atom stereocenters. The van der Waals surface area contributed by atoms with Crippen LogP contribution in [-0.4, -0.2) is 24.4 Å². The van der Waals surface area contributed by atoms with Crippen LogP contribution in [0.3, 0.4) is 0 Å². The number of fused-ring (bicyclic) bond motifs is 3. The molecule has 3 heterocycles. The molecule has 0 aliphatic heterocycles. The summed E-state index contributed by atoms with van der Waals surface area (Å²) in [6.45, 7) is 2.22. The third kappa shape index (κ3) is 2.71. The molecule has 0 amide bonds. The van der Waals surface area contributed by atoms with Crippen molar-refractivity contribution in [2.75, 3.05) is 0 Å². The van der Waals surface area contributed by atoms with Gasteiger partial charge in [0.1, 0.15) is 5.52 Å². The molecule has 3 aromatic heterocycles. The van der Waals surface area contributed by atoms with Crippen LogP contribution >= 0.6 is 11.6 Å². The molecule has 0 bridgehead atoms. The first-order valence-electron chi connectivity index (χ1n) is 9.64. The van der Waals surface area contributed by atoms with E-state index in [1.807, 2.05) is 41.1 Å². The summed E-state index contributed by atoms with van der Waals surface area (Å²) >= 11 is 5.99. The Hall–Kier alpha value is -2.73. The van der Waals surface area contributed by atoms with E-state index in [2.05, 4.69) is 22.2 Å². The van der Waals surface area contributed by atoms with Gasteiger partial charge in [-0.25, -0.2) is 4.52 Å². The Morgan fingerprint density at radius 3 is 2.64 bits per heavy atom. The van der Waals surface area contributed by atoms with E-state index >= 15 is 0 Å². The van der Waals surface area contributed by atoms with Gasteiger partial charge in [0.2, 0.25) is 0 Å². The molecular weight excluding hydrogens is 374 g/mol. The third-order valence-corrected chi connectivity index (χ3v) is 6.12. The fraction of sp³-hybridized carbons (Fsp3) is 0.333. The van der Waals surface area contributed by atoms with E-state index < -0.39 is 0 Å². The van der Waals surface area contributed by atoms with Crippen LogP contribution in [0.15, 0.2) is 47.5 Å². The van der Waals surface area contributed by atoms with Gasteiger partial charge in [-0.1, -0.05) is 43.5 Å². The highest BCUT2D eigenvalue weighted by molar-refractivity contribution is 6.30. The summed E-state index contributed by atoms with van der Waals surface area (Å²) in [5.74, 6) is 0.488. The second-order valence-corrected chi connectivity index (χ2v) is 8.03. The molecule has 0 N–H and O–H groups in total. The zero-order valence-electron chi connectivity index (χ0n) is 15.5. The molecule has 0 radical (unpaired) electrons. The molecule has 5 rings (SSSR count). The molecule has 7 heteroatoms. The summed E-state index contributed by atoms with van der Waals surface area (Å²) in [6, 6.07) is 9.67. The van der Waals surface area contributed by atoms with Gasteiger partial charge in [0.15, 0.2) is 11.2 Å². The van der Waals surface area contributed by atoms with Crippen LogP contribution in [0, 0.1) is 5.92 Å². The van der Waals surface area contributed by atoms with Gasteiger partial charge in [-0.3, -0.25) is 4.79 Å². The van der Waals surface area contributed by atoms with Crippen molar-refractivity contribution in [2.24, 2.45) is 5.92 Å². The molecule has 1 aliphatic rings. The fourth-order valence-electron chi connectivity index (χ4n) is 4.31. The minimum atomic E-state index is -0.0887. The molecule has 6 nitrogen and oxygen atoms in total. The van der Waals surface area contributed by atoms with Gasteiger partial charge < -0.3 is 4.57 Å². The predicted molar refractivity (Wildman–Crippen MR) is 110 cm³/mol. The largest absolute Gasteiger partial charge is 0.310 e. The average molecular weight is 394 g/mol. The van der Waals surface area contributed by atoms with Gasteiger partial charge >= 0.3 is 0 Å². The quantitative estimate of drug-likeness (QED) is 0.502. The molecule has 4 aromatic rings. The number of hydrogen-bond donors (Lipinski definition) is 0. The summed E-state index contributed by atoms with van der Waals surface area (Å²) < 4.78 is 3.54. The second kappa shape index (κ2) is 6.71. The molecular formula is C21H20ClN5O. The lowest BCUT2D eigenvalue weighted by Gasteiger charge is -2.30. The van der Waals surface area contributed by atoms with Crippen LogP contribution in [0.25, 0.3) is 27.8 Å². The van der Waals surface area contributed by atoms with Gasteiger partial charge in [-0.15, -0.1) is 10.2 Å². The Bertz CT molecular complexity index is 1230. The molecule has 1 fully saturated rings. The number of benzene rings is 1. The summed E-state index contributed by atoms with van der Waals surface area (Å²) in [5, 5.41) is 13.8. The maximum Gasteiger partial charge on any atom is 0.280 e. The van der Waals surface area contributed by atoms with Crippen molar-refractivity contribution in [3.63, 3.8) is 0 Å². The maximum absolute atomic E-state index is 13.1. The molecule has 142 valence electrons. The minimum Gasteiger partial charge on any atom is -0.310 e. The molecule has 2 atom stereocenters. The summed E-state index contributed by atoms with van der Waals surface area (Å²) in [4.78, 5) is 13.1. The number of nitrogens with zero attached hydrogens (tertiary/aromatic N) is 5. The van der Waals surface area contributed by atoms with Gasteiger partial charge in [0.05, 0.1) is 6.20 Å². The van der Waals surface area contributed by atoms with Crippen molar-refractivity contribution in [3.8, 4) is 11.1 Å². The first kappa shape index (κ1) is 17.4. The smallest absolute Gasteiger partial charge is 0.280 e. The van der Waals surface area contributed by atoms with E-state index in [0.717, 1.165) is 30.4 Å². The summed E-state index contributed by atoms with van der Waals surface area (Å²) in [6.07, 6.45) is 8.23. The van der Waals surface area contributed by atoms with E-state index in [-0.39, 0.29) is 11.6 Å². The van der Waals surface area contributed by atoms with Crippen molar-refractivity contribution in [1.29, 1.82) is 0 Å². The van der Waals surface area contributed by atoms with Crippen molar-refractivity contribution in [3.05, 3.63) is 58.1 Å². The van der Waals surface area contributed by atoms with E-state index in [1.54, 1.807) is 10.7 Å². The Balaban J connectivity index is 1.66. The second-order valence-electron chi connectivity index (χ2n) is 7.59. The number of pyridine rings is 1. The molecule has 28 heavy (non-hydrogen) atoms. The predicted octanol–water partition coefficient (Wildman–Crippen LogP) is 4.51. The first-order chi connectivity index (χ1) is 13.6. The lowest BCUT2D eigenvalue weighted by molar-refractivity contribution is 0.253. The Kier molecular flexibility index (Phi) is 4.16. The topological polar surface area (TPSA) is 65.1 Å². The highest BCUT2D eigenvalue weighted by Crippen LogP contribution is 2.33. The van der Waals surface area contributed by atoms with Crippen LogP contribution in [0.2, 0.25) is 5.02 Å². The zero-order chi connectivity index (χ0) is 19.3. The normalized spacial score (nSPS) is 20.1. The number of hydrogen-bond acceptors (Lipinski definition) is 4. The van der Waals surface area contributed by atoms with Crippen LogP contribution in [-0.2, 0) is 0 Å². The van der Waals surface area contributed by atoms with Crippen molar-refractivity contribution in [2.45, 2.75) is 38.6 Å². The SMILES string of the molecule is CC1CCCCC1n1ccc2c(nnc3c(-c4ccc(Cl)cc4)cnn32)c1=O. The van der Waals surface area contributed by atoms with E-state index in [1.165, 1.54) is 6.42 Å². The number of halogens is 1. The Morgan fingerprint density at radius 1 is 1.07 bits per heavy atom. The fourth-order valence-corrected chi connectivity index (χ4v) is 4.44. The van der Waals surface area contributed by atoms with Gasteiger partial charge in [-0.2, -0.15) is 5.10 Å². The van der Waals surface area contributed by atoms with Gasteiger partial charge in [0.25, 0.3) is 5.56 Å². The van der Waals surface area contributed by atoms with E-state index in [4.69, 9.17) is 11.6 Å². The summed E-state index contributed by atoms with van der Waals surface area (Å²) in [5.41, 5.74) is 3.38.